The molecule has 0 bridgehead atoms. The van der Waals surface area contributed by atoms with E-state index in [-0.39, 0.29) is 0 Å². The molecule has 0 spiro atoms. The Labute approximate surface area is 92.2 Å². The molecule has 0 fully saturated rings. The largest absolute Gasteiger partial charge is 0.383 e. The molecule has 0 unspecified atom stereocenters. The van der Waals surface area contributed by atoms with E-state index < -0.39 is 0 Å². The molecule has 1 rings (SSSR count). The first-order valence-electron chi connectivity index (χ1n) is 5.15. The minimum absolute atomic E-state index is 0.771. The molecule has 1 aromatic carbocycles. The highest BCUT2D eigenvalue weighted by atomic mass is 16.5. The standard InChI is InChI=1S/C13H19NO/c1-4-12-7-5-6-8-13(12)11-14(2)9-10-15-3/h4-8H,1,9-11H2,2-3H3. The number of nitrogens with zero attached hydrogens (tertiary/aromatic N) is 1. The average molecular weight is 205 g/mol. The van der Waals surface area contributed by atoms with Crippen molar-refractivity contribution in [2.24, 2.45) is 0 Å². The van der Waals surface area contributed by atoms with Crippen LogP contribution in [0.15, 0.2) is 30.8 Å². The molecular formula is C13H19NO. The average Bonchev–Trinajstić information content (AvgIpc) is 2.27. The molecule has 0 aliphatic carbocycles. The van der Waals surface area contributed by atoms with E-state index in [1.165, 1.54) is 11.1 Å². The second-order valence-corrected chi connectivity index (χ2v) is 3.63. The summed E-state index contributed by atoms with van der Waals surface area (Å²) in [6.07, 6.45) is 1.90. The van der Waals surface area contributed by atoms with Crippen LogP contribution in [0.25, 0.3) is 6.08 Å². The maximum absolute atomic E-state index is 5.04. The molecule has 0 heterocycles. The van der Waals surface area contributed by atoms with Gasteiger partial charge in [-0.15, -0.1) is 0 Å². The molecule has 0 saturated heterocycles. The Morgan fingerprint density at radius 2 is 2.13 bits per heavy atom. The van der Waals surface area contributed by atoms with Gasteiger partial charge in [0.15, 0.2) is 0 Å². The molecular weight excluding hydrogens is 186 g/mol. The lowest BCUT2D eigenvalue weighted by molar-refractivity contribution is 0.158. The van der Waals surface area contributed by atoms with Gasteiger partial charge in [0, 0.05) is 20.2 Å². The van der Waals surface area contributed by atoms with Gasteiger partial charge in [-0.2, -0.15) is 0 Å². The topological polar surface area (TPSA) is 12.5 Å². The Morgan fingerprint density at radius 1 is 1.40 bits per heavy atom. The van der Waals surface area contributed by atoms with Gasteiger partial charge in [-0.1, -0.05) is 36.9 Å². The quantitative estimate of drug-likeness (QED) is 0.707. The predicted molar refractivity (Wildman–Crippen MR) is 64.7 cm³/mol. The summed E-state index contributed by atoms with van der Waals surface area (Å²) >= 11 is 0. The zero-order valence-corrected chi connectivity index (χ0v) is 9.57. The molecule has 0 saturated carbocycles. The molecule has 2 nitrogen and oxygen atoms in total. The predicted octanol–water partition coefficient (Wildman–Crippen LogP) is 2.41. The van der Waals surface area contributed by atoms with Crippen molar-refractivity contribution < 1.29 is 4.74 Å². The second-order valence-electron chi connectivity index (χ2n) is 3.63. The molecule has 2 heteroatoms. The summed E-state index contributed by atoms with van der Waals surface area (Å²) in [7, 11) is 3.82. The summed E-state index contributed by atoms with van der Waals surface area (Å²) in [5, 5.41) is 0. The zero-order valence-electron chi connectivity index (χ0n) is 9.57. The fraction of sp³-hybridized carbons (Fsp3) is 0.385. The van der Waals surface area contributed by atoms with Crippen LogP contribution in [0.5, 0.6) is 0 Å². The van der Waals surface area contributed by atoms with Crippen LogP contribution in [0.2, 0.25) is 0 Å². The van der Waals surface area contributed by atoms with E-state index in [4.69, 9.17) is 4.74 Å². The van der Waals surface area contributed by atoms with Crippen LogP contribution in [-0.2, 0) is 11.3 Å². The first-order chi connectivity index (χ1) is 7.27. The molecule has 0 atom stereocenters. The highest BCUT2D eigenvalue weighted by Gasteiger charge is 2.02. The van der Waals surface area contributed by atoms with Crippen molar-refractivity contribution in [3.63, 3.8) is 0 Å². The maximum Gasteiger partial charge on any atom is 0.0589 e. The van der Waals surface area contributed by atoms with E-state index >= 15 is 0 Å². The van der Waals surface area contributed by atoms with Crippen molar-refractivity contribution in [1.82, 2.24) is 4.90 Å². The summed E-state index contributed by atoms with van der Waals surface area (Å²) in [6, 6.07) is 8.33. The highest BCUT2D eigenvalue weighted by molar-refractivity contribution is 5.51. The van der Waals surface area contributed by atoms with Crippen molar-refractivity contribution in [1.29, 1.82) is 0 Å². The first-order valence-corrected chi connectivity index (χ1v) is 5.15. The van der Waals surface area contributed by atoms with Gasteiger partial charge < -0.3 is 4.74 Å². The molecule has 0 aromatic heterocycles. The third-order valence-electron chi connectivity index (χ3n) is 2.39. The molecule has 0 aliphatic heterocycles. The molecule has 15 heavy (non-hydrogen) atoms. The van der Waals surface area contributed by atoms with Crippen molar-refractivity contribution in [2.75, 3.05) is 27.3 Å². The SMILES string of the molecule is C=Cc1ccccc1CN(C)CCOC. The van der Waals surface area contributed by atoms with Gasteiger partial charge >= 0.3 is 0 Å². The van der Waals surface area contributed by atoms with Crippen LogP contribution in [0.1, 0.15) is 11.1 Å². The number of hydrogen-bond acceptors (Lipinski definition) is 2. The van der Waals surface area contributed by atoms with E-state index in [1.54, 1.807) is 7.11 Å². The monoisotopic (exact) mass is 205 g/mol. The molecule has 0 N–H and O–H groups in total. The fourth-order valence-corrected chi connectivity index (χ4v) is 1.49. The van der Waals surface area contributed by atoms with E-state index in [0.29, 0.717) is 0 Å². The fourth-order valence-electron chi connectivity index (χ4n) is 1.49. The smallest absolute Gasteiger partial charge is 0.0589 e. The molecule has 82 valence electrons. The Kier molecular flexibility index (Phi) is 5.08. The van der Waals surface area contributed by atoms with Crippen LogP contribution in [-0.4, -0.2) is 32.2 Å². The second kappa shape index (κ2) is 6.38. The van der Waals surface area contributed by atoms with E-state index in [9.17, 15) is 0 Å². The van der Waals surface area contributed by atoms with E-state index in [2.05, 4.69) is 36.7 Å². The van der Waals surface area contributed by atoms with Crippen molar-refractivity contribution >= 4 is 6.08 Å². The van der Waals surface area contributed by atoms with Gasteiger partial charge in [-0.05, 0) is 18.2 Å². The first kappa shape index (κ1) is 12.0. The summed E-state index contributed by atoms with van der Waals surface area (Å²) in [4.78, 5) is 2.24. The number of benzene rings is 1. The normalized spacial score (nSPS) is 10.6. The van der Waals surface area contributed by atoms with Gasteiger partial charge in [0.05, 0.1) is 6.61 Å². The number of ether oxygens (including phenoxy) is 1. The number of methoxy groups -OCH3 is 1. The van der Waals surface area contributed by atoms with E-state index in [1.807, 2.05) is 12.1 Å². The summed E-state index contributed by atoms with van der Waals surface area (Å²) in [5.41, 5.74) is 2.52. The minimum atomic E-state index is 0.771. The summed E-state index contributed by atoms with van der Waals surface area (Å²) in [6.45, 7) is 6.47. The summed E-state index contributed by atoms with van der Waals surface area (Å²) in [5.74, 6) is 0. The number of likely N-dealkylation sites (N-methyl/N-ethyl adjacent to an activating group) is 1. The van der Waals surface area contributed by atoms with Gasteiger partial charge in [0.2, 0.25) is 0 Å². The van der Waals surface area contributed by atoms with Crippen LogP contribution in [0.4, 0.5) is 0 Å². The molecule has 0 aliphatic rings. The van der Waals surface area contributed by atoms with Crippen molar-refractivity contribution in [3.05, 3.63) is 42.0 Å². The zero-order chi connectivity index (χ0) is 11.1. The minimum Gasteiger partial charge on any atom is -0.383 e. The van der Waals surface area contributed by atoms with Crippen molar-refractivity contribution in [2.45, 2.75) is 6.54 Å². The molecule has 0 radical (unpaired) electrons. The maximum atomic E-state index is 5.04. The third kappa shape index (κ3) is 3.86. The van der Waals surface area contributed by atoms with Gasteiger partial charge in [-0.25, -0.2) is 0 Å². The van der Waals surface area contributed by atoms with Crippen LogP contribution < -0.4 is 0 Å². The van der Waals surface area contributed by atoms with Gasteiger partial charge in [-0.3, -0.25) is 4.90 Å². The third-order valence-corrected chi connectivity index (χ3v) is 2.39. The summed E-state index contributed by atoms with van der Waals surface area (Å²) < 4.78 is 5.04. The lowest BCUT2D eigenvalue weighted by atomic mass is 10.1. The Bertz CT molecular complexity index is 309. The Balaban J connectivity index is 2.59. The van der Waals surface area contributed by atoms with Gasteiger partial charge in [0.25, 0.3) is 0 Å². The van der Waals surface area contributed by atoms with Crippen molar-refractivity contribution in [3.8, 4) is 0 Å². The number of rotatable bonds is 6. The van der Waals surface area contributed by atoms with Crippen LogP contribution in [0.3, 0.4) is 0 Å². The Morgan fingerprint density at radius 3 is 2.80 bits per heavy atom. The Hall–Kier alpha value is -1.12. The highest BCUT2D eigenvalue weighted by Crippen LogP contribution is 2.11. The van der Waals surface area contributed by atoms with Crippen LogP contribution in [0, 0.1) is 0 Å². The van der Waals surface area contributed by atoms with Gasteiger partial charge in [0.1, 0.15) is 0 Å². The lowest BCUT2D eigenvalue weighted by Crippen LogP contribution is -2.22. The number of hydrogen-bond donors (Lipinski definition) is 0. The van der Waals surface area contributed by atoms with Crippen LogP contribution >= 0.6 is 0 Å². The van der Waals surface area contributed by atoms with E-state index in [0.717, 1.165) is 19.7 Å². The molecule has 0 amide bonds. The lowest BCUT2D eigenvalue weighted by Gasteiger charge is -2.17. The molecule has 1 aromatic rings.